The van der Waals surface area contributed by atoms with Gasteiger partial charge in [0.2, 0.25) is 0 Å². The Balaban J connectivity index is 1.75. The van der Waals surface area contributed by atoms with Crippen molar-refractivity contribution in [3.05, 3.63) is 71.4 Å². The molecular weight excluding hydrogens is 312 g/mol. The molecule has 0 aliphatic carbocycles. The molecule has 2 aromatic carbocycles. The molecule has 3 aromatic rings. The van der Waals surface area contributed by atoms with Crippen molar-refractivity contribution >= 4 is 23.0 Å². The normalized spacial score (nSPS) is 12.2. The number of hydrogen-bond donors (Lipinski definition) is 2. The second-order valence-electron chi connectivity index (χ2n) is 5.64. The summed E-state index contributed by atoms with van der Waals surface area (Å²) in [7, 11) is 0. The monoisotopic (exact) mass is 330 g/mol. The van der Waals surface area contributed by atoms with Gasteiger partial charge in [-0.3, -0.25) is 4.79 Å². The average Bonchev–Trinajstić information content (AvgIpc) is 3.06. The molecule has 1 heterocycles. The summed E-state index contributed by atoms with van der Waals surface area (Å²) in [6.07, 6.45) is 4.39. The molecule has 0 saturated carbocycles. The lowest BCUT2D eigenvalue weighted by molar-refractivity contribution is -0.121. The Kier molecular flexibility index (Phi) is 4.91. The van der Waals surface area contributed by atoms with Crippen molar-refractivity contribution in [3.63, 3.8) is 0 Å². The first-order valence-corrected chi connectivity index (χ1v) is 8.11. The zero-order valence-corrected chi connectivity index (χ0v) is 13.9. The standard InChI is InChI=1S/C20H18N4O/c1-2-14-9-6-10-17-16(12-22-19(14)17)13-23-24-20(25)18(11-21)15-7-4-3-5-8-15/h3-10,12-13,18,22H,2H2,1H3,(H,24,25)/b23-13-/t18-/m1/s1. The molecule has 0 unspecified atom stereocenters. The Hall–Kier alpha value is -3.39. The Labute approximate surface area is 146 Å². The van der Waals surface area contributed by atoms with E-state index in [2.05, 4.69) is 28.5 Å². The predicted molar refractivity (Wildman–Crippen MR) is 98.2 cm³/mol. The van der Waals surface area contributed by atoms with Crippen molar-refractivity contribution < 1.29 is 4.79 Å². The number of nitrogens with one attached hydrogen (secondary N) is 2. The van der Waals surface area contributed by atoms with E-state index in [0.29, 0.717) is 5.56 Å². The molecule has 0 radical (unpaired) electrons. The van der Waals surface area contributed by atoms with Crippen molar-refractivity contribution in [3.8, 4) is 6.07 Å². The molecule has 1 aromatic heterocycles. The number of hydrogen-bond acceptors (Lipinski definition) is 3. The molecular formula is C20H18N4O. The van der Waals surface area contributed by atoms with E-state index < -0.39 is 11.8 Å². The number of nitrogens with zero attached hydrogens (tertiary/aromatic N) is 2. The van der Waals surface area contributed by atoms with E-state index in [1.54, 1.807) is 30.5 Å². The molecule has 5 nitrogen and oxygen atoms in total. The Morgan fingerprint density at radius 3 is 2.80 bits per heavy atom. The summed E-state index contributed by atoms with van der Waals surface area (Å²) in [5, 5.41) is 14.3. The highest BCUT2D eigenvalue weighted by Crippen LogP contribution is 2.21. The first kappa shape index (κ1) is 16.5. The molecule has 0 aliphatic rings. The van der Waals surface area contributed by atoms with E-state index in [-0.39, 0.29) is 0 Å². The van der Waals surface area contributed by atoms with E-state index in [9.17, 15) is 10.1 Å². The number of aryl methyl sites for hydroxylation is 1. The lowest BCUT2D eigenvalue weighted by Crippen LogP contribution is -2.24. The van der Waals surface area contributed by atoms with E-state index >= 15 is 0 Å². The highest BCUT2D eigenvalue weighted by atomic mass is 16.2. The smallest absolute Gasteiger partial charge is 0.261 e. The van der Waals surface area contributed by atoms with Gasteiger partial charge in [-0.25, -0.2) is 5.43 Å². The summed E-state index contributed by atoms with van der Waals surface area (Å²) in [6, 6.07) is 17.1. The lowest BCUT2D eigenvalue weighted by atomic mass is 10.0. The number of benzene rings is 2. The summed E-state index contributed by atoms with van der Waals surface area (Å²) in [5.41, 5.74) is 6.31. The number of carbonyl (C=O) groups is 1. The zero-order chi connectivity index (χ0) is 17.6. The number of aromatic amines is 1. The van der Waals surface area contributed by atoms with Crippen LogP contribution in [-0.2, 0) is 11.2 Å². The van der Waals surface area contributed by atoms with Gasteiger partial charge < -0.3 is 4.98 Å². The number of carbonyl (C=O) groups excluding carboxylic acids is 1. The minimum absolute atomic E-state index is 0.445. The van der Waals surface area contributed by atoms with Crippen LogP contribution >= 0.6 is 0 Å². The van der Waals surface area contributed by atoms with Crippen LogP contribution in [0, 0.1) is 11.3 Å². The summed E-state index contributed by atoms with van der Waals surface area (Å²) < 4.78 is 0. The summed E-state index contributed by atoms with van der Waals surface area (Å²) in [5.74, 6) is -1.33. The van der Waals surface area contributed by atoms with Gasteiger partial charge >= 0.3 is 0 Å². The first-order chi connectivity index (χ1) is 12.2. The van der Waals surface area contributed by atoms with Gasteiger partial charge in [0.1, 0.15) is 0 Å². The SMILES string of the molecule is CCc1cccc2c(/C=N\NC(=O)[C@H](C#N)c3ccccc3)c[nH]c12. The molecule has 0 saturated heterocycles. The third-order valence-corrected chi connectivity index (χ3v) is 4.12. The number of aromatic nitrogens is 1. The average molecular weight is 330 g/mol. The van der Waals surface area contributed by atoms with Crippen LogP contribution < -0.4 is 5.43 Å². The fourth-order valence-corrected chi connectivity index (χ4v) is 2.80. The highest BCUT2D eigenvalue weighted by Gasteiger charge is 2.19. The predicted octanol–water partition coefficient (Wildman–Crippen LogP) is 3.49. The number of hydrazone groups is 1. The molecule has 3 rings (SSSR count). The number of H-pyrrole nitrogens is 1. The summed E-state index contributed by atoms with van der Waals surface area (Å²) in [4.78, 5) is 15.5. The van der Waals surface area contributed by atoms with Gasteiger partial charge in [0, 0.05) is 22.7 Å². The maximum Gasteiger partial charge on any atom is 0.261 e. The first-order valence-electron chi connectivity index (χ1n) is 8.11. The van der Waals surface area contributed by atoms with Crippen LogP contribution in [0.2, 0.25) is 0 Å². The summed E-state index contributed by atoms with van der Waals surface area (Å²) in [6.45, 7) is 2.11. The van der Waals surface area contributed by atoms with Gasteiger partial charge in [-0.05, 0) is 17.5 Å². The number of rotatable bonds is 5. The van der Waals surface area contributed by atoms with Gasteiger partial charge in [-0.15, -0.1) is 0 Å². The molecule has 2 N–H and O–H groups in total. The largest absolute Gasteiger partial charge is 0.360 e. The molecule has 124 valence electrons. The Morgan fingerprint density at radius 2 is 2.08 bits per heavy atom. The van der Waals surface area contributed by atoms with Crippen LogP contribution in [0.5, 0.6) is 0 Å². The van der Waals surface area contributed by atoms with Crippen molar-refractivity contribution in [2.45, 2.75) is 19.3 Å². The molecule has 0 spiro atoms. The van der Waals surface area contributed by atoms with Gasteiger partial charge in [0.05, 0.1) is 12.3 Å². The number of nitriles is 1. The molecule has 5 heteroatoms. The Bertz CT molecular complexity index is 951. The van der Waals surface area contributed by atoms with Crippen molar-refractivity contribution in [2.24, 2.45) is 5.10 Å². The van der Waals surface area contributed by atoms with E-state index in [0.717, 1.165) is 22.9 Å². The van der Waals surface area contributed by atoms with Crippen LogP contribution in [0.4, 0.5) is 0 Å². The maximum atomic E-state index is 12.2. The molecule has 25 heavy (non-hydrogen) atoms. The van der Waals surface area contributed by atoms with Gasteiger partial charge in [0.15, 0.2) is 5.92 Å². The zero-order valence-electron chi connectivity index (χ0n) is 13.9. The lowest BCUT2D eigenvalue weighted by Gasteiger charge is -2.06. The van der Waals surface area contributed by atoms with Gasteiger partial charge in [-0.1, -0.05) is 55.5 Å². The second-order valence-corrected chi connectivity index (χ2v) is 5.64. The van der Waals surface area contributed by atoms with Gasteiger partial charge in [-0.2, -0.15) is 10.4 Å². The van der Waals surface area contributed by atoms with Crippen molar-refractivity contribution in [1.82, 2.24) is 10.4 Å². The number of para-hydroxylation sites is 1. The maximum absolute atomic E-state index is 12.2. The number of amides is 1. The van der Waals surface area contributed by atoms with E-state index in [1.807, 2.05) is 30.5 Å². The highest BCUT2D eigenvalue weighted by molar-refractivity contribution is 6.00. The van der Waals surface area contributed by atoms with Crippen LogP contribution in [-0.4, -0.2) is 17.1 Å². The van der Waals surface area contributed by atoms with Crippen molar-refractivity contribution in [1.29, 1.82) is 5.26 Å². The van der Waals surface area contributed by atoms with Crippen molar-refractivity contribution in [2.75, 3.05) is 0 Å². The van der Waals surface area contributed by atoms with Crippen LogP contribution in [0.3, 0.4) is 0 Å². The van der Waals surface area contributed by atoms with Crippen LogP contribution in [0.25, 0.3) is 10.9 Å². The molecule has 1 amide bonds. The number of fused-ring (bicyclic) bond motifs is 1. The van der Waals surface area contributed by atoms with Crippen LogP contribution in [0.1, 0.15) is 29.5 Å². The molecule has 0 bridgehead atoms. The molecule has 0 fully saturated rings. The second kappa shape index (κ2) is 7.45. The fraction of sp³-hybridized carbons (Fsp3) is 0.150. The van der Waals surface area contributed by atoms with Gasteiger partial charge in [0.25, 0.3) is 5.91 Å². The third kappa shape index (κ3) is 3.43. The van der Waals surface area contributed by atoms with E-state index in [1.165, 1.54) is 5.56 Å². The topological polar surface area (TPSA) is 81.0 Å². The minimum atomic E-state index is -0.881. The fourth-order valence-electron chi connectivity index (χ4n) is 2.80. The molecule has 0 aliphatic heterocycles. The quantitative estimate of drug-likeness (QED) is 0.554. The van der Waals surface area contributed by atoms with E-state index in [4.69, 9.17) is 0 Å². The molecule has 1 atom stereocenters. The minimum Gasteiger partial charge on any atom is -0.360 e. The third-order valence-electron chi connectivity index (χ3n) is 4.12. The van der Waals surface area contributed by atoms with Crippen LogP contribution in [0.15, 0.2) is 59.8 Å². The summed E-state index contributed by atoms with van der Waals surface area (Å²) >= 11 is 0. The Morgan fingerprint density at radius 1 is 1.28 bits per heavy atom.